The molecule has 0 saturated carbocycles. The first-order valence-electron chi connectivity index (χ1n) is 14.3. The summed E-state index contributed by atoms with van der Waals surface area (Å²) >= 11 is 37.3. The Kier molecular flexibility index (Phi) is 14.0. The predicted octanol–water partition coefficient (Wildman–Crippen LogP) is 8.93. The number of carbonyl (C=O) groups excluding carboxylic acids is 4. The fraction of sp³-hybridized carbons (Fsp3) is 0.333. The highest BCUT2D eigenvalue weighted by Gasteiger charge is 2.41. The lowest BCUT2D eigenvalue weighted by Gasteiger charge is -2.15. The normalized spacial score (nSPS) is 16.5. The van der Waals surface area contributed by atoms with Crippen LogP contribution in [-0.4, -0.2) is 55.2 Å². The first-order chi connectivity index (χ1) is 22.0. The molecule has 0 aliphatic carbocycles. The summed E-state index contributed by atoms with van der Waals surface area (Å²) in [5.41, 5.74) is 0.923. The first kappa shape index (κ1) is 36.9. The summed E-state index contributed by atoms with van der Waals surface area (Å²) in [4.78, 5) is 54.6. The summed E-state index contributed by atoms with van der Waals surface area (Å²) in [6, 6.07) is 10.1. The second-order valence-electron chi connectivity index (χ2n) is 10.2. The fourth-order valence-electron chi connectivity index (χ4n) is 4.55. The van der Waals surface area contributed by atoms with E-state index < -0.39 is 0 Å². The van der Waals surface area contributed by atoms with Crippen molar-refractivity contribution in [3.63, 3.8) is 0 Å². The minimum absolute atomic E-state index is 0.179. The number of hydrogen-bond acceptors (Lipinski definition) is 8. The number of benzene rings is 2. The number of halogens is 4. The van der Waals surface area contributed by atoms with E-state index in [9.17, 15) is 19.2 Å². The molecule has 0 spiro atoms. The molecule has 4 rings (SSSR count). The van der Waals surface area contributed by atoms with Crippen molar-refractivity contribution in [1.82, 2.24) is 9.80 Å². The average Bonchev–Trinajstić information content (AvgIpc) is 3.45. The van der Waals surface area contributed by atoms with E-state index in [2.05, 4.69) is 10.6 Å². The lowest BCUT2D eigenvalue weighted by molar-refractivity contribution is -0.124. The molecule has 0 bridgehead atoms. The van der Waals surface area contributed by atoms with Gasteiger partial charge < -0.3 is 10.6 Å². The Morgan fingerprint density at radius 2 is 1.02 bits per heavy atom. The Balaban J connectivity index is 1.18. The summed E-state index contributed by atoms with van der Waals surface area (Å²) < 4.78 is 0.770. The van der Waals surface area contributed by atoms with Crippen LogP contribution in [0.2, 0.25) is 20.1 Å². The van der Waals surface area contributed by atoms with Crippen LogP contribution < -0.4 is 10.6 Å². The fourth-order valence-corrected chi connectivity index (χ4v) is 8.01. The van der Waals surface area contributed by atoms with E-state index in [0.29, 0.717) is 102 Å². The van der Waals surface area contributed by atoms with E-state index >= 15 is 0 Å². The van der Waals surface area contributed by atoms with E-state index in [1.807, 2.05) is 0 Å². The van der Waals surface area contributed by atoms with Crippen LogP contribution in [0.4, 0.5) is 11.4 Å². The molecule has 2 saturated heterocycles. The Morgan fingerprint density at radius 1 is 0.630 bits per heavy atom. The van der Waals surface area contributed by atoms with Crippen molar-refractivity contribution in [2.45, 2.75) is 51.4 Å². The third-order valence-corrected chi connectivity index (χ3v) is 11.6. The van der Waals surface area contributed by atoms with Crippen molar-refractivity contribution >= 4 is 138 Å². The maximum Gasteiger partial charge on any atom is 0.267 e. The standard InChI is InChI=1S/C30H28Cl4N4O4S4/c31-17-9-7-11-19(23(17)33)35-21(39)13-3-1-5-15-37-27(41)25(45-29(37)43)26-28(42)38(30(44)46-26)16-6-2-4-14-22(40)36-20-12-8-10-18(32)24(20)34/h7-12H,1-6,13-16H2,(H,35,39)(H,36,40)/b26-25+. The lowest BCUT2D eigenvalue weighted by Crippen LogP contribution is -2.31. The average molecular weight is 779 g/mol. The first-order valence-corrected chi connectivity index (χ1v) is 18.2. The minimum Gasteiger partial charge on any atom is -0.325 e. The number of amides is 4. The van der Waals surface area contributed by atoms with Crippen LogP contribution in [0.25, 0.3) is 0 Å². The molecule has 0 aromatic heterocycles. The van der Waals surface area contributed by atoms with Crippen molar-refractivity contribution in [3.8, 4) is 0 Å². The molecule has 8 nitrogen and oxygen atoms in total. The summed E-state index contributed by atoms with van der Waals surface area (Å²) in [7, 11) is 0. The third-order valence-electron chi connectivity index (χ3n) is 6.93. The van der Waals surface area contributed by atoms with Gasteiger partial charge >= 0.3 is 0 Å². The Morgan fingerprint density at radius 3 is 1.41 bits per heavy atom. The number of nitrogens with zero attached hydrogens (tertiary/aromatic N) is 2. The molecule has 2 aromatic carbocycles. The molecule has 2 aliphatic rings. The Bertz CT molecular complexity index is 1490. The number of thioether (sulfide) groups is 2. The molecule has 244 valence electrons. The van der Waals surface area contributed by atoms with Crippen molar-refractivity contribution in [2.75, 3.05) is 23.7 Å². The van der Waals surface area contributed by atoms with E-state index in [-0.39, 0.29) is 36.5 Å². The van der Waals surface area contributed by atoms with Crippen LogP contribution in [0.5, 0.6) is 0 Å². The summed E-state index contributed by atoms with van der Waals surface area (Å²) in [5, 5.41) is 6.83. The smallest absolute Gasteiger partial charge is 0.267 e. The molecule has 16 heteroatoms. The molecule has 2 aliphatic heterocycles. The van der Waals surface area contributed by atoms with Gasteiger partial charge in [-0.1, -0.05) is 119 Å². The number of carbonyl (C=O) groups is 4. The van der Waals surface area contributed by atoms with Gasteiger partial charge in [0.15, 0.2) is 0 Å². The van der Waals surface area contributed by atoms with Gasteiger partial charge in [0.25, 0.3) is 11.8 Å². The van der Waals surface area contributed by atoms with Gasteiger partial charge in [-0.25, -0.2) is 0 Å². The number of hydrogen-bond donors (Lipinski definition) is 2. The van der Waals surface area contributed by atoms with E-state index in [4.69, 9.17) is 70.8 Å². The lowest BCUT2D eigenvalue weighted by atomic mass is 10.1. The van der Waals surface area contributed by atoms with E-state index in [1.165, 1.54) is 9.80 Å². The maximum absolute atomic E-state index is 13.2. The zero-order valence-corrected chi connectivity index (χ0v) is 30.5. The van der Waals surface area contributed by atoms with E-state index in [1.54, 1.807) is 36.4 Å². The Labute approximate surface area is 306 Å². The van der Waals surface area contributed by atoms with Gasteiger partial charge in [0, 0.05) is 25.9 Å². The Hall–Kier alpha value is -1.90. The summed E-state index contributed by atoms with van der Waals surface area (Å²) in [6.07, 6.45) is 4.45. The van der Waals surface area contributed by atoms with Gasteiger partial charge in [-0.3, -0.25) is 29.0 Å². The highest BCUT2D eigenvalue weighted by molar-refractivity contribution is 8.29. The van der Waals surface area contributed by atoms with Gasteiger partial charge in [-0.2, -0.15) is 0 Å². The molecule has 2 aromatic rings. The second-order valence-corrected chi connectivity index (χ2v) is 15.1. The third kappa shape index (κ3) is 9.59. The van der Waals surface area contributed by atoms with Crippen LogP contribution in [0.3, 0.4) is 0 Å². The van der Waals surface area contributed by atoms with Crippen LogP contribution in [0.1, 0.15) is 51.4 Å². The highest BCUT2D eigenvalue weighted by atomic mass is 35.5. The molecular formula is C30H28Cl4N4O4S4. The van der Waals surface area contributed by atoms with Gasteiger partial charge in [-0.15, -0.1) is 0 Å². The van der Waals surface area contributed by atoms with Crippen LogP contribution in [0.15, 0.2) is 46.2 Å². The highest BCUT2D eigenvalue weighted by Crippen LogP contribution is 2.42. The molecule has 4 amide bonds. The number of thiocarbonyl (C=S) groups is 2. The molecule has 2 heterocycles. The zero-order chi connectivity index (χ0) is 33.4. The molecule has 0 unspecified atom stereocenters. The van der Waals surface area contributed by atoms with Crippen LogP contribution in [-0.2, 0) is 19.2 Å². The number of unbranched alkanes of at least 4 members (excludes halogenated alkanes) is 4. The monoisotopic (exact) mass is 776 g/mol. The van der Waals surface area contributed by atoms with Crippen LogP contribution >= 0.6 is 94.4 Å². The van der Waals surface area contributed by atoms with Gasteiger partial charge in [-0.05, 0) is 49.9 Å². The molecule has 0 radical (unpaired) electrons. The quantitative estimate of drug-likeness (QED) is 0.112. The largest absolute Gasteiger partial charge is 0.325 e. The topological polar surface area (TPSA) is 98.8 Å². The predicted molar refractivity (Wildman–Crippen MR) is 198 cm³/mol. The molecule has 2 N–H and O–H groups in total. The van der Waals surface area contributed by atoms with Crippen LogP contribution in [0, 0.1) is 0 Å². The van der Waals surface area contributed by atoms with Crippen molar-refractivity contribution in [3.05, 3.63) is 66.3 Å². The van der Waals surface area contributed by atoms with Gasteiger partial charge in [0.05, 0.1) is 41.3 Å². The SMILES string of the molecule is O=C(CCCCCN1C(=O)/C(=C2\SC(=S)N(CCCCCC(=O)Nc3cccc(Cl)c3Cl)C2=O)SC1=S)Nc1cccc(Cl)c1Cl. The summed E-state index contributed by atoms with van der Waals surface area (Å²) in [5.74, 6) is -0.979. The minimum atomic E-state index is -0.310. The van der Waals surface area contributed by atoms with Crippen molar-refractivity contribution < 1.29 is 19.2 Å². The zero-order valence-electron chi connectivity index (χ0n) is 24.2. The van der Waals surface area contributed by atoms with E-state index in [0.717, 1.165) is 23.5 Å². The molecule has 2 fully saturated rings. The van der Waals surface area contributed by atoms with Crippen molar-refractivity contribution in [1.29, 1.82) is 0 Å². The number of anilines is 2. The molecule has 0 atom stereocenters. The number of nitrogens with one attached hydrogen (secondary N) is 2. The molecular weight excluding hydrogens is 750 g/mol. The maximum atomic E-state index is 13.2. The van der Waals surface area contributed by atoms with Gasteiger partial charge in [0.1, 0.15) is 8.64 Å². The molecule has 46 heavy (non-hydrogen) atoms. The van der Waals surface area contributed by atoms with Crippen molar-refractivity contribution in [2.24, 2.45) is 0 Å². The second kappa shape index (κ2) is 17.5. The summed E-state index contributed by atoms with van der Waals surface area (Å²) in [6.45, 7) is 0.764. The van der Waals surface area contributed by atoms with Gasteiger partial charge in [0.2, 0.25) is 11.8 Å². The number of rotatable bonds is 14.